The van der Waals surface area contributed by atoms with Gasteiger partial charge in [-0.25, -0.2) is 0 Å². The number of carbonyl (C=O) groups excluding carboxylic acids is 1. The summed E-state index contributed by atoms with van der Waals surface area (Å²) < 4.78 is 0. The lowest BCUT2D eigenvalue weighted by molar-refractivity contribution is -0.134. The Morgan fingerprint density at radius 1 is 1.38 bits per heavy atom. The molecule has 0 rings (SSSR count). The van der Waals surface area contributed by atoms with Crippen LogP contribution in [0.3, 0.4) is 0 Å². The monoisotopic (exact) mass is 193 g/mol. The molecule has 6 heteroatoms. The molecule has 0 unspecified atom stereocenters. The van der Waals surface area contributed by atoms with E-state index >= 15 is 0 Å². The van der Waals surface area contributed by atoms with Crippen LogP contribution in [0.5, 0.6) is 0 Å². The van der Waals surface area contributed by atoms with Crippen LogP contribution in [0.1, 0.15) is 6.92 Å². The third-order valence-corrected chi connectivity index (χ3v) is 1.45. The van der Waals surface area contributed by atoms with Gasteiger partial charge in [-0.1, -0.05) is 0 Å². The lowest BCUT2D eigenvalue weighted by Gasteiger charge is -2.14. The number of amides is 1. The minimum Gasteiger partial charge on any atom is -0.394 e. The van der Waals surface area contributed by atoms with Crippen molar-refractivity contribution >= 4 is 5.91 Å². The van der Waals surface area contributed by atoms with E-state index in [9.17, 15) is 4.79 Å². The lowest BCUT2D eigenvalue weighted by Crippen LogP contribution is -2.44. The SMILES string of the molecule is C[C@@H](O)[C@H](O)C(=O)NC[C@H](O)CO. The molecule has 0 saturated heterocycles. The molecule has 0 aliphatic carbocycles. The normalized spacial score (nSPS) is 17.6. The molecule has 3 atom stereocenters. The minimum absolute atomic E-state index is 0.154. The van der Waals surface area contributed by atoms with Crippen LogP contribution in [-0.2, 0) is 4.79 Å². The van der Waals surface area contributed by atoms with Crippen LogP contribution in [0.15, 0.2) is 0 Å². The Morgan fingerprint density at radius 2 is 1.92 bits per heavy atom. The molecule has 0 bridgehead atoms. The van der Waals surface area contributed by atoms with Gasteiger partial charge in [0.15, 0.2) is 6.10 Å². The van der Waals surface area contributed by atoms with Crippen molar-refractivity contribution in [3.05, 3.63) is 0 Å². The minimum atomic E-state index is -1.51. The van der Waals surface area contributed by atoms with Gasteiger partial charge < -0.3 is 25.7 Å². The van der Waals surface area contributed by atoms with Crippen LogP contribution >= 0.6 is 0 Å². The maximum absolute atomic E-state index is 10.9. The van der Waals surface area contributed by atoms with Crippen molar-refractivity contribution in [1.29, 1.82) is 0 Å². The second kappa shape index (κ2) is 5.87. The van der Waals surface area contributed by atoms with Crippen LogP contribution in [-0.4, -0.2) is 57.8 Å². The number of aliphatic hydroxyl groups excluding tert-OH is 4. The zero-order valence-electron chi connectivity index (χ0n) is 7.34. The van der Waals surface area contributed by atoms with Crippen LogP contribution in [0.25, 0.3) is 0 Å². The van der Waals surface area contributed by atoms with Crippen molar-refractivity contribution in [2.24, 2.45) is 0 Å². The van der Waals surface area contributed by atoms with E-state index in [1.165, 1.54) is 6.92 Å². The Bertz CT molecular complexity index is 161. The Morgan fingerprint density at radius 3 is 2.31 bits per heavy atom. The summed E-state index contributed by atoms with van der Waals surface area (Å²) in [7, 11) is 0. The molecule has 0 spiro atoms. The molecule has 78 valence electrons. The van der Waals surface area contributed by atoms with Crippen LogP contribution in [0.2, 0.25) is 0 Å². The fraction of sp³-hybridized carbons (Fsp3) is 0.857. The van der Waals surface area contributed by atoms with Gasteiger partial charge in [0, 0.05) is 6.54 Å². The zero-order valence-corrected chi connectivity index (χ0v) is 7.34. The lowest BCUT2D eigenvalue weighted by atomic mass is 10.2. The standard InChI is InChI=1S/C7H15NO5/c1-4(10)6(12)7(13)8-2-5(11)3-9/h4-6,9-12H,2-3H2,1H3,(H,8,13)/t4-,5+,6+/m1/s1. The predicted octanol–water partition coefficient (Wildman–Crippen LogP) is -2.80. The van der Waals surface area contributed by atoms with E-state index in [0.717, 1.165) is 0 Å². The first-order valence-corrected chi connectivity index (χ1v) is 3.91. The van der Waals surface area contributed by atoms with E-state index in [2.05, 4.69) is 5.32 Å². The quantitative estimate of drug-likeness (QED) is 0.324. The molecule has 0 heterocycles. The van der Waals surface area contributed by atoms with Crippen molar-refractivity contribution < 1.29 is 25.2 Å². The fourth-order valence-electron chi connectivity index (χ4n) is 0.607. The number of hydrogen-bond donors (Lipinski definition) is 5. The fourth-order valence-corrected chi connectivity index (χ4v) is 0.607. The first-order valence-electron chi connectivity index (χ1n) is 3.91. The highest BCUT2D eigenvalue weighted by Crippen LogP contribution is 1.91. The van der Waals surface area contributed by atoms with Gasteiger partial charge in [0.2, 0.25) is 0 Å². The number of hydrogen-bond acceptors (Lipinski definition) is 5. The van der Waals surface area contributed by atoms with Gasteiger partial charge in [-0.3, -0.25) is 4.79 Å². The molecule has 0 aliphatic rings. The number of rotatable bonds is 5. The van der Waals surface area contributed by atoms with Crippen LogP contribution < -0.4 is 5.32 Å². The first-order chi connectivity index (χ1) is 5.99. The number of carbonyl (C=O) groups is 1. The molecule has 0 fully saturated rings. The van der Waals surface area contributed by atoms with E-state index in [0.29, 0.717) is 0 Å². The average Bonchev–Trinajstić information content (AvgIpc) is 2.11. The molecule has 5 N–H and O–H groups in total. The van der Waals surface area contributed by atoms with Crippen LogP contribution in [0, 0.1) is 0 Å². The number of aliphatic hydroxyl groups is 4. The highest BCUT2D eigenvalue weighted by Gasteiger charge is 2.20. The maximum Gasteiger partial charge on any atom is 0.251 e. The third kappa shape index (κ3) is 4.79. The second-order valence-electron chi connectivity index (χ2n) is 2.77. The second-order valence-corrected chi connectivity index (χ2v) is 2.77. The highest BCUT2D eigenvalue weighted by atomic mass is 16.3. The molecule has 0 aromatic carbocycles. The van der Waals surface area contributed by atoms with Crippen molar-refractivity contribution in [1.82, 2.24) is 5.32 Å². The average molecular weight is 193 g/mol. The van der Waals surface area contributed by atoms with Crippen molar-refractivity contribution in [3.63, 3.8) is 0 Å². The van der Waals surface area contributed by atoms with E-state index < -0.39 is 30.8 Å². The van der Waals surface area contributed by atoms with Crippen molar-refractivity contribution in [2.75, 3.05) is 13.2 Å². The van der Waals surface area contributed by atoms with E-state index in [4.69, 9.17) is 20.4 Å². The Hall–Kier alpha value is -0.690. The molecule has 13 heavy (non-hydrogen) atoms. The zero-order chi connectivity index (χ0) is 10.4. The van der Waals surface area contributed by atoms with E-state index in [1.807, 2.05) is 0 Å². The summed E-state index contributed by atoms with van der Waals surface area (Å²) >= 11 is 0. The molecule has 0 aromatic heterocycles. The molecule has 6 nitrogen and oxygen atoms in total. The first kappa shape index (κ1) is 12.3. The van der Waals surface area contributed by atoms with Gasteiger partial charge in [-0.15, -0.1) is 0 Å². The Kier molecular flexibility index (Phi) is 5.56. The largest absolute Gasteiger partial charge is 0.394 e. The summed E-state index contributed by atoms with van der Waals surface area (Å²) in [6.07, 6.45) is -3.72. The molecular formula is C7H15NO5. The molecule has 0 aromatic rings. The third-order valence-electron chi connectivity index (χ3n) is 1.45. The number of nitrogens with one attached hydrogen (secondary N) is 1. The van der Waals surface area contributed by atoms with E-state index in [1.54, 1.807) is 0 Å². The van der Waals surface area contributed by atoms with Gasteiger partial charge in [0.1, 0.15) is 0 Å². The summed E-state index contributed by atoms with van der Waals surface area (Å²) in [6, 6.07) is 0. The maximum atomic E-state index is 10.9. The summed E-state index contributed by atoms with van der Waals surface area (Å²) in [5.41, 5.74) is 0. The van der Waals surface area contributed by atoms with Gasteiger partial charge >= 0.3 is 0 Å². The molecule has 0 radical (unpaired) electrons. The van der Waals surface area contributed by atoms with Gasteiger partial charge in [-0.2, -0.15) is 0 Å². The topological polar surface area (TPSA) is 110 Å². The summed E-state index contributed by atoms with van der Waals surface area (Å²) in [5.74, 6) is -0.775. The van der Waals surface area contributed by atoms with Gasteiger partial charge in [-0.05, 0) is 6.92 Å². The highest BCUT2D eigenvalue weighted by molar-refractivity contribution is 5.81. The summed E-state index contributed by atoms with van der Waals surface area (Å²) in [5, 5.41) is 37.1. The van der Waals surface area contributed by atoms with Gasteiger partial charge in [0.25, 0.3) is 5.91 Å². The smallest absolute Gasteiger partial charge is 0.251 e. The molecular weight excluding hydrogens is 178 g/mol. The van der Waals surface area contributed by atoms with Crippen LogP contribution in [0.4, 0.5) is 0 Å². The molecule has 1 amide bonds. The van der Waals surface area contributed by atoms with Crippen molar-refractivity contribution in [3.8, 4) is 0 Å². The predicted molar refractivity (Wildman–Crippen MR) is 43.8 cm³/mol. The van der Waals surface area contributed by atoms with E-state index in [-0.39, 0.29) is 6.54 Å². The summed E-state index contributed by atoms with van der Waals surface area (Å²) in [4.78, 5) is 10.9. The van der Waals surface area contributed by atoms with Crippen molar-refractivity contribution in [2.45, 2.75) is 25.2 Å². The molecule has 0 saturated carbocycles. The Labute approximate surface area is 75.8 Å². The summed E-state index contributed by atoms with van der Waals surface area (Å²) in [6.45, 7) is 0.650. The Balaban J connectivity index is 3.74. The molecule has 0 aliphatic heterocycles. The van der Waals surface area contributed by atoms with Gasteiger partial charge in [0.05, 0.1) is 18.8 Å².